The molecule has 3 saturated heterocycles. The van der Waals surface area contributed by atoms with Crippen molar-refractivity contribution in [2.24, 2.45) is 74.9 Å². The van der Waals surface area contributed by atoms with Crippen LogP contribution in [-0.2, 0) is 50.5 Å². The molecule has 3 amide bonds. The number of benzene rings is 2. The fraction of sp³-hybridized carbons (Fsp3) is 0.672. The third-order valence-electron chi connectivity index (χ3n) is 21.5. The molecule has 16 nitrogen and oxygen atoms in total. The molecule has 3 N–H and O–H groups in total. The van der Waals surface area contributed by atoms with Crippen LogP contribution in [0.2, 0.25) is 0 Å². The van der Waals surface area contributed by atoms with E-state index < -0.39 is 32.2 Å². The molecule has 2 aromatic carbocycles. The van der Waals surface area contributed by atoms with Crippen LogP contribution in [0.1, 0.15) is 146 Å². The molecule has 16 atom stereocenters. The number of carbonyl (C=O) groups excluding carboxylic acids is 3. The molecule has 0 spiro atoms. The number of ether oxygens (including phenoxy) is 2. The van der Waals surface area contributed by atoms with Crippen molar-refractivity contribution in [3.8, 4) is 6.07 Å². The highest BCUT2D eigenvalue weighted by atomic mass is 16.7. The van der Waals surface area contributed by atoms with Crippen molar-refractivity contribution in [3.63, 3.8) is 0 Å². The van der Waals surface area contributed by atoms with Crippen molar-refractivity contribution in [2.75, 3.05) is 19.8 Å². The summed E-state index contributed by atoms with van der Waals surface area (Å²) in [4.78, 5) is 55.0. The molecule has 0 radical (unpaired) electrons. The van der Waals surface area contributed by atoms with Crippen molar-refractivity contribution in [3.05, 3.63) is 107 Å². The van der Waals surface area contributed by atoms with Crippen LogP contribution in [0.15, 0.2) is 84.1 Å². The Morgan fingerprint density at radius 2 is 1.20 bits per heavy atom. The zero-order valence-electron chi connectivity index (χ0n) is 52.2. The van der Waals surface area contributed by atoms with Gasteiger partial charge in [-0.1, -0.05) is 142 Å². The highest BCUT2D eigenvalue weighted by Crippen LogP contribution is 2.67. The van der Waals surface area contributed by atoms with E-state index in [1.165, 1.54) is 31.8 Å². The van der Waals surface area contributed by atoms with Gasteiger partial charge >= 0.3 is 32.4 Å². The average Bonchev–Trinajstić information content (AvgIpc) is 1.73. The Hall–Kier alpha value is -5.65. The third kappa shape index (κ3) is 13.3. The second kappa shape index (κ2) is 23.8. The van der Waals surface area contributed by atoms with E-state index in [2.05, 4.69) is 69.2 Å². The molecule has 456 valence electrons. The van der Waals surface area contributed by atoms with Crippen molar-refractivity contribution in [1.29, 1.82) is 5.26 Å². The van der Waals surface area contributed by atoms with Crippen LogP contribution in [0, 0.1) is 92.8 Å². The molecule has 14 rings (SSSR count). The molecule has 4 bridgehead atoms. The Morgan fingerprint density at radius 3 is 1.60 bits per heavy atom. The average molecular weight is 1160 g/mol. The SMILES string of the molecule is CC(C)(C)C=C(C#N)C(=O)O.CC1(C)[C@@H]2C[C@H]3OB([C@H](Cc4ccccc4)NC(=O)OC[C@@H]4CC[C@H]5C[C@@H]45)O[C@@]3(C)[C@H]1C2.[C-]#[N+]C(=CC(C)(C)C)C(=O)N1C[C@H]2C[C@H]2[C@@H]1COC(=O)N[C@@H](Cc1ccccc1)B1O[C@@H]2C[C@@H]3C[C@@H](C3(C)C)[C@]2(C)O1. The number of allylic oxidation sites excluding steroid dienone is 2. The summed E-state index contributed by atoms with van der Waals surface area (Å²) in [5, 5.41) is 23.0. The predicted molar refractivity (Wildman–Crippen MR) is 323 cm³/mol. The molecule has 3 aliphatic heterocycles. The maximum absolute atomic E-state index is 13.3. The maximum Gasteiger partial charge on any atom is 0.482 e. The highest BCUT2D eigenvalue weighted by Gasteiger charge is 2.70. The monoisotopic (exact) mass is 1160 g/mol. The molecular weight excluding hydrogens is 1070 g/mol. The van der Waals surface area contributed by atoms with Crippen LogP contribution in [0.25, 0.3) is 4.85 Å². The quantitative estimate of drug-likeness (QED) is 0.0701. The molecule has 12 fully saturated rings. The fourth-order valence-electron chi connectivity index (χ4n) is 16.4. The predicted octanol–water partition coefficient (Wildman–Crippen LogP) is 11.5. The Labute approximate surface area is 505 Å². The molecule has 9 saturated carbocycles. The van der Waals surface area contributed by atoms with Crippen LogP contribution >= 0.6 is 0 Å². The molecule has 0 aromatic heterocycles. The molecule has 3 heterocycles. The smallest absolute Gasteiger partial charge is 0.477 e. The third-order valence-corrected chi connectivity index (χ3v) is 21.5. The number of fused-ring (bicyclic) bond motifs is 2. The number of nitriles is 1. The summed E-state index contributed by atoms with van der Waals surface area (Å²) in [5.74, 6) is 3.10. The number of likely N-dealkylation sites (tertiary alicyclic amines) is 1. The van der Waals surface area contributed by atoms with Gasteiger partial charge in [0.15, 0.2) is 0 Å². The first kappa shape index (κ1) is 62.4. The van der Waals surface area contributed by atoms with Gasteiger partial charge in [0.1, 0.15) is 18.2 Å². The van der Waals surface area contributed by atoms with E-state index in [-0.39, 0.29) is 81.5 Å². The molecule has 0 unspecified atom stereocenters. The summed E-state index contributed by atoms with van der Waals surface area (Å²) in [6.45, 7) is 34.1. The fourth-order valence-corrected chi connectivity index (χ4v) is 16.4. The first-order chi connectivity index (χ1) is 40.0. The van der Waals surface area contributed by atoms with E-state index in [0.29, 0.717) is 72.8 Å². The van der Waals surface area contributed by atoms with Crippen molar-refractivity contribution >= 4 is 38.3 Å². The number of nitrogens with one attached hydrogen (secondary N) is 2. The van der Waals surface area contributed by atoms with Crippen LogP contribution in [0.3, 0.4) is 0 Å². The zero-order chi connectivity index (χ0) is 61.2. The van der Waals surface area contributed by atoms with Gasteiger partial charge in [-0.25, -0.2) is 19.2 Å². The minimum atomic E-state index is -1.16. The van der Waals surface area contributed by atoms with Gasteiger partial charge in [-0.15, -0.1) is 0 Å². The first-order valence-electron chi connectivity index (χ1n) is 31.4. The van der Waals surface area contributed by atoms with Gasteiger partial charge in [0.2, 0.25) is 5.70 Å². The second-order valence-corrected chi connectivity index (χ2v) is 30.3. The summed E-state index contributed by atoms with van der Waals surface area (Å²) in [6, 6.07) is 21.7. The number of hydrogen-bond donors (Lipinski definition) is 3. The van der Waals surface area contributed by atoms with Gasteiger partial charge in [0.05, 0.1) is 54.5 Å². The number of carboxylic acid groups (broad SMARTS) is 1. The number of nitrogens with zero attached hydrogens (tertiary/aromatic N) is 3. The van der Waals surface area contributed by atoms with Crippen molar-refractivity contribution in [1.82, 2.24) is 15.5 Å². The van der Waals surface area contributed by atoms with Gasteiger partial charge in [0.25, 0.3) is 5.91 Å². The summed E-state index contributed by atoms with van der Waals surface area (Å²) < 4.78 is 38.0. The maximum atomic E-state index is 13.3. The van der Waals surface area contributed by atoms with E-state index in [9.17, 15) is 19.2 Å². The minimum Gasteiger partial charge on any atom is -0.477 e. The number of alkyl carbamates (subject to hydrolysis) is 2. The van der Waals surface area contributed by atoms with E-state index in [1.807, 2.05) is 90.1 Å². The zero-order valence-corrected chi connectivity index (χ0v) is 52.2. The Morgan fingerprint density at radius 1 is 0.718 bits per heavy atom. The Bertz CT molecular complexity index is 2970. The minimum absolute atomic E-state index is 0.0121. The van der Waals surface area contributed by atoms with Crippen LogP contribution in [0.5, 0.6) is 0 Å². The molecule has 18 heteroatoms. The number of rotatable bonds is 14. The first-order valence-corrected chi connectivity index (χ1v) is 31.4. The Balaban J connectivity index is 0.000000165. The lowest BCUT2D eigenvalue weighted by molar-refractivity contribution is -0.199. The van der Waals surface area contributed by atoms with Gasteiger partial charge in [-0.05, 0) is 164 Å². The summed E-state index contributed by atoms with van der Waals surface area (Å²) in [6.07, 6.45) is 12.9. The summed E-state index contributed by atoms with van der Waals surface area (Å²) in [5.41, 5.74) is 1.49. The van der Waals surface area contributed by atoms with Crippen molar-refractivity contribution < 1.29 is 52.4 Å². The van der Waals surface area contributed by atoms with E-state index in [0.717, 1.165) is 48.6 Å². The van der Waals surface area contributed by atoms with Crippen molar-refractivity contribution in [2.45, 2.75) is 189 Å². The van der Waals surface area contributed by atoms with E-state index in [1.54, 1.807) is 17.0 Å². The molecule has 12 aliphatic rings. The van der Waals surface area contributed by atoms with Gasteiger partial charge in [-0.2, -0.15) is 5.26 Å². The topological polar surface area (TPSA) is 199 Å². The molecular formula is C67H91B2N5O11. The van der Waals surface area contributed by atoms with E-state index in [4.69, 9.17) is 45.0 Å². The van der Waals surface area contributed by atoms with Gasteiger partial charge in [0, 0.05) is 6.54 Å². The van der Waals surface area contributed by atoms with E-state index >= 15 is 0 Å². The molecule has 2 aromatic rings. The summed E-state index contributed by atoms with van der Waals surface area (Å²) in [7, 11) is -1.03. The van der Waals surface area contributed by atoms with Crippen LogP contribution in [0.4, 0.5) is 9.59 Å². The standard InChI is InChI=1S/C33H44BN3O5.C26H36BNO4.C8H11NO2/c1-31(2,3)17-24(35-7)29(38)37-18-21-14-23(21)25(37)19-40-30(39)36-28(13-20-11-9-8-10-12-20)34-41-27-16-22-15-26(32(22,4)5)33(27,6)42-34;1-25(2)19-13-21(25)26(3)22(14-19)31-27(32-26)23(11-16-7-5-4-6-8-16)28-24(29)30-15-18-10-9-17-12-20(17)18;1-8(2,3)4-6(5-9)7(10)11/h8-12,17,21-23,25-28H,13-16,18-19H2,1-6H3,(H,36,39);4-8,17-23H,9-15H2,1-3H3,(H,28,29);4H,1-3H3,(H,10,11)/t21-,22+,23-,25+,26+,27-,28+,33+;17-,18-,19-,20+,21-,22+,23-,26-;/m10./s1. The number of amides is 3. The van der Waals surface area contributed by atoms with Gasteiger partial charge < -0.3 is 48.7 Å². The summed E-state index contributed by atoms with van der Waals surface area (Å²) >= 11 is 0. The lowest BCUT2D eigenvalue weighted by Gasteiger charge is -2.64. The number of hydrogen-bond acceptors (Lipinski definition) is 11. The second-order valence-electron chi connectivity index (χ2n) is 30.3. The van der Waals surface area contributed by atoms with Crippen LogP contribution < -0.4 is 10.6 Å². The number of piperidine rings is 1. The lowest BCUT2D eigenvalue weighted by Crippen LogP contribution is -2.65. The molecule has 9 aliphatic carbocycles. The van der Waals surface area contributed by atoms with Crippen LogP contribution in [-0.4, -0.2) is 109 Å². The number of aliphatic carboxylic acids is 1. The number of carboxylic acids is 1. The number of carbonyl (C=O) groups is 4. The largest absolute Gasteiger partial charge is 0.482 e. The lowest BCUT2D eigenvalue weighted by atomic mass is 9.43. The highest BCUT2D eigenvalue weighted by molar-refractivity contribution is 6.48. The normalized spacial score (nSPS) is 34.4. The van der Waals surface area contributed by atoms with Gasteiger partial charge in [-0.3, -0.25) is 4.79 Å². The molecule has 85 heavy (non-hydrogen) atoms. The Kier molecular flexibility index (Phi) is 17.5.